The predicted octanol–water partition coefficient (Wildman–Crippen LogP) is 0.993. The third kappa shape index (κ3) is 2.59. The SMILES string of the molecule is CN(Cc1ccc(CO)o1)C1CCOC1. The summed E-state index contributed by atoms with van der Waals surface area (Å²) in [5, 5.41) is 8.87. The monoisotopic (exact) mass is 211 g/mol. The van der Waals surface area contributed by atoms with Gasteiger partial charge in [-0.1, -0.05) is 0 Å². The molecule has 0 saturated carbocycles. The summed E-state index contributed by atoms with van der Waals surface area (Å²) < 4.78 is 10.8. The second kappa shape index (κ2) is 4.79. The largest absolute Gasteiger partial charge is 0.462 e. The van der Waals surface area contributed by atoms with E-state index < -0.39 is 0 Å². The van der Waals surface area contributed by atoms with Crippen LogP contribution in [-0.2, 0) is 17.9 Å². The molecule has 0 aromatic carbocycles. The number of furan rings is 1. The Kier molecular flexibility index (Phi) is 3.41. The first kappa shape index (κ1) is 10.7. The van der Waals surface area contributed by atoms with Gasteiger partial charge in [0.1, 0.15) is 18.1 Å². The number of nitrogens with zero attached hydrogens (tertiary/aromatic N) is 1. The molecule has 0 radical (unpaired) electrons. The molecular formula is C11H17NO3. The fourth-order valence-corrected chi connectivity index (χ4v) is 1.84. The van der Waals surface area contributed by atoms with Crippen LogP contribution in [0.5, 0.6) is 0 Å². The number of hydrogen-bond acceptors (Lipinski definition) is 4. The maximum atomic E-state index is 8.87. The molecule has 1 N–H and O–H groups in total. The van der Waals surface area contributed by atoms with Crippen molar-refractivity contribution in [3.8, 4) is 0 Å². The molecule has 2 heterocycles. The summed E-state index contributed by atoms with van der Waals surface area (Å²) in [5.41, 5.74) is 0. The number of aliphatic hydroxyl groups is 1. The molecule has 1 unspecified atom stereocenters. The van der Waals surface area contributed by atoms with Crippen molar-refractivity contribution >= 4 is 0 Å². The van der Waals surface area contributed by atoms with Gasteiger partial charge in [-0.15, -0.1) is 0 Å². The molecule has 1 saturated heterocycles. The molecule has 4 heteroatoms. The number of ether oxygens (including phenoxy) is 1. The van der Waals surface area contributed by atoms with E-state index >= 15 is 0 Å². The van der Waals surface area contributed by atoms with Crippen molar-refractivity contribution in [2.24, 2.45) is 0 Å². The lowest BCUT2D eigenvalue weighted by Crippen LogP contribution is -2.31. The first-order valence-corrected chi connectivity index (χ1v) is 5.26. The van der Waals surface area contributed by atoms with E-state index in [2.05, 4.69) is 11.9 Å². The molecular weight excluding hydrogens is 194 g/mol. The molecule has 84 valence electrons. The molecule has 0 amide bonds. The topological polar surface area (TPSA) is 45.8 Å². The van der Waals surface area contributed by atoms with Crippen molar-refractivity contribution in [3.05, 3.63) is 23.7 Å². The normalized spacial score (nSPS) is 21.4. The summed E-state index contributed by atoms with van der Waals surface area (Å²) in [6, 6.07) is 4.22. The van der Waals surface area contributed by atoms with Crippen molar-refractivity contribution in [2.45, 2.75) is 25.6 Å². The Morgan fingerprint density at radius 3 is 2.87 bits per heavy atom. The van der Waals surface area contributed by atoms with Crippen molar-refractivity contribution in [3.63, 3.8) is 0 Å². The molecule has 0 bridgehead atoms. The van der Waals surface area contributed by atoms with Crippen LogP contribution in [0.2, 0.25) is 0 Å². The molecule has 1 aliphatic heterocycles. The zero-order valence-electron chi connectivity index (χ0n) is 8.98. The van der Waals surface area contributed by atoms with Gasteiger partial charge in [0.05, 0.1) is 13.2 Å². The Bertz CT molecular complexity index is 305. The molecule has 1 aromatic heterocycles. The van der Waals surface area contributed by atoms with Crippen LogP contribution in [0.1, 0.15) is 17.9 Å². The Morgan fingerprint density at radius 1 is 1.47 bits per heavy atom. The molecule has 2 rings (SSSR count). The average molecular weight is 211 g/mol. The Balaban J connectivity index is 1.89. The first-order valence-electron chi connectivity index (χ1n) is 5.26. The lowest BCUT2D eigenvalue weighted by molar-refractivity contribution is 0.150. The highest BCUT2D eigenvalue weighted by Gasteiger charge is 2.20. The number of rotatable bonds is 4. The van der Waals surface area contributed by atoms with E-state index in [0.29, 0.717) is 11.8 Å². The maximum absolute atomic E-state index is 8.87. The van der Waals surface area contributed by atoms with Crippen LogP contribution in [0.25, 0.3) is 0 Å². The van der Waals surface area contributed by atoms with Crippen LogP contribution in [0, 0.1) is 0 Å². The van der Waals surface area contributed by atoms with Gasteiger partial charge in [0.25, 0.3) is 0 Å². The lowest BCUT2D eigenvalue weighted by Gasteiger charge is -2.21. The lowest BCUT2D eigenvalue weighted by atomic mass is 10.2. The van der Waals surface area contributed by atoms with E-state index in [0.717, 1.165) is 31.9 Å². The molecule has 1 atom stereocenters. The fraction of sp³-hybridized carbons (Fsp3) is 0.636. The predicted molar refractivity (Wildman–Crippen MR) is 55.3 cm³/mol. The third-order valence-corrected chi connectivity index (χ3v) is 2.81. The van der Waals surface area contributed by atoms with Gasteiger partial charge in [-0.2, -0.15) is 0 Å². The van der Waals surface area contributed by atoms with Gasteiger partial charge in [0, 0.05) is 12.6 Å². The van der Waals surface area contributed by atoms with Gasteiger partial charge >= 0.3 is 0 Å². The van der Waals surface area contributed by atoms with Gasteiger partial charge in [-0.05, 0) is 25.6 Å². The second-order valence-electron chi connectivity index (χ2n) is 3.96. The highest BCUT2D eigenvalue weighted by molar-refractivity contribution is 5.06. The molecule has 0 spiro atoms. The second-order valence-corrected chi connectivity index (χ2v) is 3.96. The van der Waals surface area contributed by atoms with E-state index in [-0.39, 0.29) is 6.61 Å². The number of aliphatic hydroxyl groups excluding tert-OH is 1. The van der Waals surface area contributed by atoms with Crippen LogP contribution in [-0.4, -0.2) is 36.3 Å². The van der Waals surface area contributed by atoms with Crippen LogP contribution in [0.3, 0.4) is 0 Å². The maximum Gasteiger partial charge on any atom is 0.129 e. The fourth-order valence-electron chi connectivity index (χ4n) is 1.84. The van der Waals surface area contributed by atoms with Crippen molar-refractivity contribution < 1.29 is 14.3 Å². The van der Waals surface area contributed by atoms with Crippen molar-refractivity contribution in [1.82, 2.24) is 4.90 Å². The van der Waals surface area contributed by atoms with Crippen LogP contribution in [0.15, 0.2) is 16.5 Å². The van der Waals surface area contributed by atoms with Gasteiger partial charge in [0.2, 0.25) is 0 Å². The summed E-state index contributed by atoms with van der Waals surface area (Å²) in [5.74, 6) is 1.52. The molecule has 0 aliphatic carbocycles. The van der Waals surface area contributed by atoms with Crippen LogP contribution >= 0.6 is 0 Å². The van der Waals surface area contributed by atoms with Gasteiger partial charge in [-0.3, -0.25) is 4.90 Å². The van der Waals surface area contributed by atoms with Crippen molar-refractivity contribution in [2.75, 3.05) is 20.3 Å². The highest BCUT2D eigenvalue weighted by atomic mass is 16.5. The molecule has 1 aromatic rings. The van der Waals surface area contributed by atoms with E-state index in [1.54, 1.807) is 0 Å². The minimum absolute atomic E-state index is 0.0315. The quantitative estimate of drug-likeness (QED) is 0.806. The van der Waals surface area contributed by atoms with E-state index in [1.165, 1.54) is 0 Å². The molecule has 15 heavy (non-hydrogen) atoms. The minimum Gasteiger partial charge on any atom is -0.462 e. The molecule has 1 aliphatic rings. The summed E-state index contributed by atoms with van der Waals surface area (Å²) in [6.07, 6.45) is 1.09. The van der Waals surface area contributed by atoms with Crippen molar-refractivity contribution in [1.29, 1.82) is 0 Å². The summed E-state index contributed by atoms with van der Waals surface area (Å²) >= 11 is 0. The Morgan fingerprint density at radius 2 is 2.27 bits per heavy atom. The summed E-state index contributed by atoms with van der Waals surface area (Å²) in [4.78, 5) is 2.23. The first-order chi connectivity index (χ1) is 7.29. The average Bonchev–Trinajstić information content (AvgIpc) is 2.87. The van der Waals surface area contributed by atoms with Crippen LogP contribution < -0.4 is 0 Å². The smallest absolute Gasteiger partial charge is 0.129 e. The summed E-state index contributed by atoms with van der Waals surface area (Å²) in [7, 11) is 2.07. The molecule has 4 nitrogen and oxygen atoms in total. The van der Waals surface area contributed by atoms with Crippen LogP contribution in [0.4, 0.5) is 0 Å². The zero-order chi connectivity index (χ0) is 10.7. The van der Waals surface area contributed by atoms with Gasteiger partial charge in [-0.25, -0.2) is 0 Å². The van der Waals surface area contributed by atoms with E-state index in [1.807, 2.05) is 12.1 Å². The standard InChI is InChI=1S/C11H17NO3/c1-12(9-4-5-14-8-9)6-10-2-3-11(7-13)15-10/h2-3,9,13H,4-8H2,1H3. The molecule has 1 fully saturated rings. The Labute approximate surface area is 89.4 Å². The highest BCUT2D eigenvalue weighted by Crippen LogP contribution is 2.15. The summed E-state index contributed by atoms with van der Waals surface area (Å²) in [6.45, 7) is 2.41. The third-order valence-electron chi connectivity index (χ3n) is 2.81. The van der Waals surface area contributed by atoms with Gasteiger partial charge < -0.3 is 14.3 Å². The van der Waals surface area contributed by atoms with E-state index in [4.69, 9.17) is 14.3 Å². The Hall–Kier alpha value is -0.840. The zero-order valence-corrected chi connectivity index (χ0v) is 8.98. The van der Waals surface area contributed by atoms with Gasteiger partial charge in [0.15, 0.2) is 0 Å². The number of hydrogen-bond donors (Lipinski definition) is 1. The van der Waals surface area contributed by atoms with E-state index in [9.17, 15) is 0 Å². The number of likely N-dealkylation sites (N-methyl/N-ethyl adjacent to an activating group) is 1. The minimum atomic E-state index is -0.0315.